The van der Waals surface area contributed by atoms with Crippen molar-refractivity contribution >= 4 is 5.97 Å². The lowest BCUT2D eigenvalue weighted by Crippen LogP contribution is -2.57. The summed E-state index contributed by atoms with van der Waals surface area (Å²) in [4.78, 5) is 11.3. The molecule has 0 unspecified atom stereocenters. The lowest BCUT2D eigenvalue weighted by molar-refractivity contribution is -0.151. The highest BCUT2D eigenvalue weighted by Crippen LogP contribution is 2.62. The van der Waals surface area contributed by atoms with Crippen molar-refractivity contribution in [3.63, 3.8) is 0 Å². The summed E-state index contributed by atoms with van der Waals surface area (Å²) in [6.45, 7) is 6.52. The van der Waals surface area contributed by atoms with Gasteiger partial charge in [-0.15, -0.1) is 0 Å². The molecule has 140 valence electrons. The largest absolute Gasteiger partial charge is 0.429 e. The van der Waals surface area contributed by atoms with Gasteiger partial charge in [0.1, 0.15) is 0 Å². The summed E-state index contributed by atoms with van der Waals surface area (Å²) in [6.07, 6.45) is 5.92. The van der Waals surface area contributed by atoms with Gasteiger partial charge in [0.15, 0.2) is 0 Å². The molecular weight excluding hydrogens is 320 g/mol. The minimum absolute atomic E-state index is 0.0132. The van der Waals surface area contributed by atoms with Gasteiger partial charge in [-0.05, 0) is 54.9 Å². The number of allylic oxidation sites excluding steroid dienone is 1. The molecule has 6 atom stereocenters. The highest BCUT2D eigenvalue weighted by atomic mass is 16.6. The van der Waals surface area contributed by atoms with Crippen molar-refractivity contribution in [1.29, 1.82) is 0 Å². The maximum atomic E-state index is 11.3. The van der Waals surface area contributed by atoms with Gasteiger partial charge >= 0.3 is 5.97 Å². The van der Waals surface area contributed by atoms with E-state index in [2.05, 4.69) is 26.8 Å². The standard InChI is InChI=1S/C20H30O5/c1-12-9-16(22)20(3)14(11-21)5-4-6-15(20)19(12,2)8-7-13-10-17(23)25-18(13)24/h5,10,12,15-16,18,21-22,24H,4,6-9,11H2,1-3H3/t12-,15-,16-,18+,19+,20+/m0/s1. The first-order valence-corrected chi connectivity index (χ1v) is 9.31. The summed E-state index contributed by atoms with van der Waals surface area (Å²) >= 11 is 0. The van der Waals surface area contributed by atoms with Crippen LogP contribution in [0.4, 0.5) is 0 Å². The first kappa shape index (κ1) is 18.6. The molecule has 3 rings (SSSR count). The van der Waals surface area contributed by atoms with Crippen LogP contribution in [0.3, 0.4) is 0 Å². The van der Waals surface area contributed by atoms with Gasteiger partial charge < -0.3 is 20.1 Å². The highest BCUT2D eigenvalue weighted by molar-refractivity contribution is 5.85. The number of hydrogen-bond acceptors (Lipinski definition) is 5. The molecule has 3 N–H and O–H groups in total. The summed E-state index contributed by atoms with van der Waals surface area (Å²) in [5.74, 6) is 0.0869. The topological polar surface area (TPSA) is 87.0 Å². The summed E-state index contributed by atoms with van der Waals surface area (Å²) in [6, 6.07) is 0. The van der Waals surface area contributed by atoms with Crippen LogP contribution < -0.4 is 0 Å². The SMILES string of the molecule is C[C@H]1C[C@H](O)[C@]2(C)C(CO)=CCC[C@H]2[C@]1(C)CCC1=CC(=O)O[C@H]1O. The Kier molecular flexibility index (Phi) is 4.86. The van der Waals surface area contributed by atoms with E-state index in [0.717, 1.165) is 24.8 Å². The lowest BCUT2D eigenvalue weighted by atomic mass is 9.46. The Hall–Kier alpha value is -1.17. The predicted octanol–water partition coefficient (Wildman–Crippen LogP) is 2.31. The number of hydrogen-bond donors (Lipinski definition) is 3. The molecule has 1 heterocycles. The van der Waals surface area contributed by atoms with Crippen LogP contribution in [-0.4, -0.2) is 40.3 Å². The number of carbonyl (C=O) groups excluding carboxylic acids is 1. The van der Waals surface area contributed by atoms with Gasteiger partial charge in [-0.3, -0.25) is 0 Å². The van der Waals surface area contributed by atoms with Crippen LogP contribution >= 0.6 is 0 Å². The number of esters is 1. The summed E-state index contributed by atoms with van der Waals surface area (Å²) < 4.78 is 4.79. The Morgan fingerprint density at radius 1 is 1.32 bits per heavy atom. The molecule has 3 aliphatic rings. The first-order valence-electron chi connectivity index (χ1n) is 9.31. The zero-order chi connectivity index (χ0) is 18.4. The van der Waals surface area contributed by atoms with E-state index in [0.29, 0.717) is 24.3 Å². The third kappa shape index (κ3) is 2.86. The maximum Gasteiger partial charge on any atom is 0.333 e. The minimum Gasteiger partial charge on any atom is -0.429 e. The molecule has 0 amide bonds. The van der Waals surface area contributed by atoms with Crippen LogP contribution in [0.1, 0.15) is 52.9 Å². The molecule has 1 saturated carbocycles. The molecule has 0 saturated heterocycles. The molecule has 1 aliphatic heterocycles. The molecule has 0 aromatic carbocycles. The monoisotopic (exact) mass is 350 g/mol. The van der Waals surface area contributed by atoms with Crippen molar-refractivity contribution < 1.29 is 24.9 Å². The number of carbonyl (C=O) groups is 1. The normalized spacial score (nSPS) is 44.0. The fraction of sp³-hybridized carbons (Fsp3) is 0.750. The van der Waals surface area contributed by atoms with Gasteiger partial charge in [-0.1, -0.05) is 26.8 Å². The maximum absolute atomic E-state index is 11.3. The molecule has 0 radical (unpaired) electrons. The van der Waals surface area contributed by atoms with E-state index in [4.69, 9.17) is 4.74 Å². The van der Waals surface area contributed by atoms with Crippen molar-refractivity contribution in [3.8, 4) is 0 Å². The van der Waals surface area contributed by atoms with E-state index in [1.54, 1.807) is 0 Å². The van der Waals surface area contributed by atoms with Crippen molar-refractivity contribution in [3.05, 3.63) is 23.3 Å². The Labute approximate surface area is 149 Å². The van der Waals surface area contributed by atoms with Crippen LogP contribution in [0.25, 0.3) is 0 Å². The van der Waals surface area contributed by atoms with Gasteiger partial charge in [0, 0.05) is 17.1 Å². The van der Waals surface area contributed by atoms with Gasteiger partial charge in [0.05, 0.1) is 12.7 Å². The number of cyclic esters (lactones) is 1. The van der Waals surface area contributed by atoms with Crippen LogP contribution in [0.5, 0.6) is 0 Å². The third-order valence-electron chi connectivity index (χ3n) is 7.42. The van der Waals surface area contributed by atoms with Crippen molar-refractivity contribution in [1.82, 2.24) is 0 Å². The average Bonchev–Trinajstić information content (AvgIpc) is 2.89. The quantitative estimate of drug-likeness (QED) is 0.535. The van der Waals surface area contributed by atoms with Gasteiger partial charge in [0.2, 0.25) is 6.29 Å². The van der Waals surface area contributed by atoms with E-state index < -0.39 is 23.8 Å². The van der Waals surface area contributed by atoms with Gasteiger partial charge in [-0.2, -0.15) is 0 Å². The summed E-state index contributed by atoms with van der Waals surface area (Å²) in [5, 5.41) is 30.5. The van der Waals surface area contributed by atoms with Crippen LogP contribution in [0, 0.1) is 22.7 Å². The number of rotatable bonds is 4. The fourth-order valence-corrected chi connectivity index (χ4v) is 5.53. The molecule has 0 bridgehead atoms. The molecule has 0 spiro atoms. The second kappa shape index (κ2) is 6.53. The van der Waals surface area contributed by atoms with E-state index >= 15 is 0 Å². The van der Waals surface area contributed by atoms with Crippen molar-refractivity contribution in [2.45, 2.75) is 65.3 Å². The Bertz CT molecular complexity index is 609. The zero-order valence-electron chi connectivity index (χ0n) is 15.4. The molecule has 0 aromatic rings. The average molecular weight is 350 g/mol. The first-order chi connectivity index (χ1) is 11.7. The summed E-state index contributed by atoms with van der Waals surface area (Å²) in [5.41, 5.74) is 1.13. The molecule has 5 heteroatoms. The summed E-state index contributed by atoms with van der Waals surface area (Å²) in [7, 11) is 0. The van der Waals surface area contributed by atoms with Crippen molar-refractivity contribution in [2.24, 2.45) is 22.7 Å². The molecule has 5 nitrogen and oxygen atoms in total. The molecule has 0 aromatic heterocycles. The highest BCUT2D eigenvalue weighted by Gasteiger charge is 2.57. The van der Waals surface area contributed by atoms with E-state index in [1.807, 2.05) is 0 Å². The lowest BCUT2D eigenvalue weighted by Gasteiger charge is -2.60. The van der Waals surface area contributed by atoms with Crippen molar-refractivity contribution in [2.75, 3.05) is 6.61 Å². The number of aliphatic hydroxyl groups is 3. The Balaban J connectivity index is 1.87. The Morgan fingerprint density at radius 2 is 2.04 bits per heavy atom. The second-order valence-corrected chi connectivity index (χ2v) is 8.47. The molecule has 25 heavy (non-hydrogen) atoms. The van der Waals surface area contributed by atoms with Gasteiger partial charge in [-0.25, -0.2) is 4.79 Å². The molecule has 2 aliphatic carbocycles. The zero-order valence-corrected chi connectivity index (χ0v) is 15.4. The molecule has 1 fully saturated rings. The number of aliphatic hydroxyl groups excluding tert-OH is 3. The van der Waals surface area contributed by atoms with E-state index in [9.17, 15) is 20.1 Å². The molecular formula is C20H30O5. The van der Waals surface area contributed by atoms with Crippen LogP contribution in [0.15, 0.2) is 23.3 Å². The second-order valence-electron chi connectivity index (χ2n) is 8.47. The third-order valence-corrected chi connectivity index (χ3v) is 7.42. The van der Waals surface area contributed by atoms with E-state index in [-0.39, 0.29) is 17.9 Å². The number of ether oxygens (including phenoxy) is 1. The number of fused-ring (bicyclic) bond motifs is 1. The fourth-order valence-electron chi connectivity index (χ4n) is 5.53. The predicted molar refractivity (Wildman–Crippen MR) is 93.3 cm³/mol. The smallest absolute Gasteiger partial charge is 0.333 e. The van der Waals surface area contributed by atoms with Crippen LogP contribution in [-0.2, 0) is 9.53 Å². The van der Waals surface area contributed by atoms with Crippen LogP contribution in [0.2, 0.25) is 0 Å². The Morgan fingerprint density at radius 3 is 2.64 bits per heavy atom. The minimum atomic E-state index is -1.12. The van der Waals surface area contributed by atoms with Gasteiger partial charge in [0.25, 0.3) is 0 Å². The van der Waals surface area contributed by atoms with E-state index in [1.165, 1.54) is 6.08 Å².